The van der Waals surface area contributed by atoms with Gasteiger partial charge in [-0.1, -0.05) is 13.0 Å². The summed E-state index contributed by atoms with van der Waals surface area (Å²) in [7, 11) is 0. The second-order valence-electron chi connectivity index (χ2n) is 5.10. The molecule has 106 valence electrons. The van der Waals surface area contributed by atoms with Crippen LogP contribution in [-0.2, 0) is 4.79 Å². The minimum atomic E-state index is 0.123. The van der Waals surface area contributed by atoms with Gasteiger partial charge in [-0.15, -0.1) is 0 Å². The Morgan fingerprint density at radius 1 is 1.60 bits per heavy atom. The summed E-state index contributed by atoms with van der Waals surface area (Å²) in [5, 5.41) is 12.0. The zero-order valence-corrected chi connectivity index (χ0v) is 11.8. The quantitative estimate of drug-likeness (QED) is 0.908. The molecule has 1 aliphatic rings. The third kappa shape index (κ3) is 3.70. The van der Waals surface area contributed by atoms with E-state index < -0.39 is 0 Å². The second kappa shape index (κ2) is 6.90. The molecule has 1 saturated heterocycles. The molecule has 1 atom stereocenters. The largest absolute Gasteiger partial charge is 0.355 e. The highest BCUT2D eigenvalue weighted by atomic mass is 16.1. The van der Waals surface area contributed by atoms with Gasteiger partial charge in [0.05, 0.1) is 0 Å². The lowest BCUT2D eigenvalue weighted by molar-refractivity contribution is -0.121. The maximum absolute atomic E-state index is 11.7. The summed E-state index contributed by atoms with van der Waals surface area (Å²) in [6.45, 7) is 3.68. The van der Waals surface area contributed by atoms with Crippen molar-refractivity contribution in [2.24, 2.45) is 0 Å². The Hall–Kier alpha value is -2.09. The number of hydrogen-bond donors (Lipinski definition) is 1. The molecule has 1 aromatic heterocycles. The molecule has 20 heavy (non-hydrogen) atoms. The molecule has 1 unspecified atom stereocenters. The molecular weight excluding hydrogens is 252 g/mol. The monoisotopic (exact) mass is 272 g/mol. The van der Waals surface area contributed by atoms with Gasteiger partial charge in [0.15, 0.2) is 0 Å². The van der Waals surface area contributed by atoms with Crippen molar-refractivity contribution in [3.8, 4) is 6.07 Å². The number of carbonyl (C=O) groups excluding carboxylic acids is 1. The van der Waals surface area contributed by atoms with Gasteiger partial charge < -0.3 is 10.2 Å². The Bertz CT molecular complexity index is 509. The van der Waals surface area contributed by atoms with Gasteiger partial charge in [-0.3, -0.25) is 4.79 Å². The second-order valence-corrected chi connectivity index (χ2v) is 5.10. The van der Waals surface area contributed by atoms with Gasteiger partial charge in [-0.25, -0.2) is 4.98 Å². The lowest BCUT2D eigenvalue weighted by atomic mass is 10.1. The molecule has 5 nitrogen and oxygen atoms in total. The average Bonchev–Trinajstić information content (AvgIpc) is 2.48. The van der Waals surface area contributed by atoms with Gasteiger partial charge in [0.1, 0.15) is 17.6 Å². The smallest absolute Gasteiger partial charge is 0.220 e. The number of aromatic nitrogens is 1. The Labute approximate surface area is 119 Å². The lowest BCUT2D eigenvalue weighted by Crippen LogP contribution is -2.48. The topological polar surface area (TPSA) is 69.0 Å². The first-order valence-electron chi connectivity index (χ1n) is 7.14. The summed E-state index contributed by atoms with van der Waals surface area (Å²) in [6.07, 6.45) is 3.48. The number of rotatable bonds is 4. The van der Waals surface area contributed by atoms with Crippen LogP contribution in [0.15, 0.2) is 18.2 Å². The number of amides is 1. The van der Waals surface area contributed by atoms with Crippen molar-refractivity contribution in [1.82, 2.24) is 10.3 Å². The zero-order chi connectivity index (χ0) is 14.4. The maximum Gasteiger partial charge on any atom is 0.220 e. The number of nitrogens with zero attached hydrogens (tertiary/aromatic N) is 3. The van der Waals surface area contributed by atoms with Crippen LogP contribution >= 0.6 is 0 Å². The van der Waals surface area contributed by atoms with Crippen LogP contribution in [0.25, 0.3) is 0 Å². The SMILES string of the molecule is CCCC(=O)NC1CCCN(c2cccc(C#N)n2)C1. The van der Waals surface area contributed by atoms with Gasteiger partial charge >= 0.3 is 0 Å². The van der Waals surface area contributed by atoms with E-state index >= 15 is 0 Å². The van der Waals surface area contributed by atoms with Crippen LogP contribution in [0.3, 0.4) is 0 Å². The highest BCUT2D eigenvalue weighted by molar-refractivity contribution is 5.76. The van der Waals surface area contributed by atoms with Crippen LogP contribution in [-0.4, -0.2) is 30.0 Å². The fourth-order valence-corrected chi connectivity index (χ4v) is 2.49. The number of nitrogens with one attached hydrogen (secondary N) is 1. The minimum Gasteiger partial charge on any atom is -0.355 e. The van der Waals surface area contributed by atoms with E-state index in [9.17, 15) is 4.79 Å². The first-order valence-corrected chi connectivity index (χ1v) is 7.14. The number of pyridine rings is 1. The van der Waals surface area contributed by atoms with Crippen molar-refractivity contribution in [2.45, 2.75) is 38.6 Å². The average molecular weight is 272 g/mol. The Balaban J connectivity index is 1.99. The Kier molecular flexibility index (Phi) is 4.94. The highest BCUT2D eigenvalue weighted by Gasteiger charge is 2.22. The van der Waals surface area contributed by atoms with Crippen molar-refractivity contribution >= 4 is 11.7 Å². The normalized spacial score (nSPS) is 18.4. The molecule has 5 heteroatoms. The molecule has 0 saturated carbocycles. The predicted molar refractivity (Wildman–Crippen MR) is 77.2 cm³/mol. The molecule has 0 radical (unpaired) electrons. The molecule has 1 aromatic rings. The van der Waals surface area contributed by atoms with Crippen LogP contribution < -0.4 is 10.2 Å². The van der Waals surface area contributed by atoms with E-state index in [4.69, 9.17) is 5.26 Å². The number of piperidine rings is 1. The molecule has 0 aliphatic carbocycles. The molecule has 1 aliphatic heterocycles. The number of anilines is 1. The molecule has 0 bridgehead atoms. The summed E-state index contributed by atoms with van der Waals surface area (Å²) < 4.78 is 0. The van der Waals surface area contributed by atoms with Crippen molar-refractivity contribution in [3.63, 3.8) is 0 Å². The third-order valence-electron chi connectivity index (χ3n) is 3.44. The van der Waals surface area contributed by atoms with E-state index in [0.717, 1.165) is 38.2 Å². The Morgan fingerprint density at radius 2 is 2.45 bits per heavy atom. The van der Waals surface area contributed by atoms with Gasteiger partial charge in [0, 0.05) is 25.6 Å². The minimum absolute atomic E-state index is 0.123. The molecule has 1 N–H and O–H groups in total. The van der Waals surface area contributed by atoms with Crippen LogP contribution in [0, 0.1) is 11.3 Å². The number of carbonyl (C=O) groups is 1. The molecule has 1 fully saturated rings. The summed E-state index contributed by atoms with van der Waals surface area (Å²) in [5.41, 5.74) is 0.430. The number of hydrogen-bond acceptors (Lipinski definition) is 4. The van der Waals surface area contributed by atoms with Gasteiger partial charge in [0.2, 0.25) is 5.91 Å². The zero-order valence-electron chi connectivity index (χ0n) is 11.8. The summed E-state index contributed by atoms with van der Waals surface area (Å²) in [5.74, 6) is 0.941. The number of nitriles is 1. The molecule has 0 spiro atoms. The van der Waals surface area contributed by atoms with Gasteiger partial charge in [-0.05, 0) is 31.4 Å². The highest BCUT2D eigenvalue weighted by Crippen LogP contribution is 2.18. The summed E-state index contributed by atoms with van der Waals surface area (Å²) in [4.78, 5) is 18.1. The van der Waals surface area contributed by atoms with E-state index in [1.807, 2.05) is 19.1 Å². The van der Waals surface area contributed by atoms with Crippen molar-refractivity contribution in [3.05, 3.63) is 23.9 Å². The first kappa shape index (κ1) is 14.3. The van der Waals surface area contributed by atoms with Crippen molar-refractivity contribution < 1.29 is 4.79 Å². The van der Waals surface area contributed by atoms with Crippen LogP contribution in [0.1, 0.15) is 38.3 Å². The molecule has 1 amide bonds. The first-order chi connectivity index (χ1) is 9.72. The van der Waals surface area contributed by atoms with Gasteiger partial charge in [-0.2, -0.15) is 5.26 Å². The summed E-state index contributed by atoms with van der Waals surface area (Å²) in [6, 6.07) is 7.70. The van der Waals surface area contributed by atoms with Crippen LogP contribution in [0.2, 0.25) is 0 Å². The summed E-state index contributed by atoms with van der Waals surface area (Å²) >= 11 is 0. The molecule has 0 aromatic carbocycles. The van der Waals surface area contributed by atoms with E-state index in [1.165, 1.54) is 0 Å². The van der Waals surface area contributed by atoms with Crippen molar-refractivity contribution in [1.29, 1.82) is 5.26 Å². The van der Waals surface area contributed by atoms with E-state index in [2.05, 4.69) is 21.3 Å². The standard InChI is InChI=1S/C15H20N4O/c1-2-5-15(20)18-13-7-4-9-19(11-13)14-8-3-6-12(10-16)17-14/h3,6,8,13H,2,4-5,7,9,11H2,1H3,(H,18,20). The van der Waals surface area contributed by atoms with E-state index in [0.29, 0.717) is 12.1 Å². The predicted octanol–water partition coefficient (Wildman–Crippen LogP) is 1.84. The molecular formula is C15H20N4O. The van der Waals surface area contributed by atoms with E-state index in [-0.39, 0.29) is 11.9 Å². The van der Waals surface area contributed by atoms with Crippen molar-refractivity contribution in [2.75, 3.05) is 18.0 Å². The third-order valence-corrected chi connectivity index (χ3v) is 3.44. The molecule has 2 heterocycles. The molecule has 2 rings (SSSR count). The maximum atomic E-state index is 11.7. The fraction of sp³-hybridized carbons (Fsp3) is 0.533. The Morgan fingerprint density at radius 3 is 3.20 bits per heavy atom. The lowest BCUT2D eigenvalue weighted by Gasteiger charge is -2.34. The van der Waals surface area contributed by atoms with Crippen LogP contribution in [0.5, 0.6) is 0 Å². The van der Waals surface area contributed by atoms with Crippen LogP contribution in [0.4, 0.5) is 5.82 Å². The fourth-order valence-electron chi connectivity index (χ4n) is 2.49. The van der Waals surface area contributed by atoms with Gasteiger partial charge in [0.25, 0.3) is 0 Å². The van der Waals surface area contributed by atoms with E-state index in [1.54, 1.807) is 6.07 Å².